The van der Waals surface area contributed by atoms with Crippen molar-refractivity contribution in [2.24, 2.45) is 0 Å². The second kappa shape index (κ2) is 11.5. The summed E-state index contributed by atoms with van der Waals surface area (Å²) in [5.74, 6) is -1.73. The SMILES string of the molecule is CC(=O)Nc1nc(-c2c(Cl)cc3c(N4CCNCC4C)nc(OCC4CCCN4C)nc3c2F)c2ccccc2c1F. The molecule has 0 bridgehead atoms. The number of aromatic nitrogens is 3. The van der Waals surface area contributed by atoms with Crippen molar-refractivity contribution < 1.29 is 18.3 Å². The number of hydrogen-bond acceptors (Lipinski definition) is 8. The van der Waals surface area contributed by atoms with Gasteiger partial charge in [-0.3, -0.25) is 4.79 Å². The Morgan fingerprint density at radius 2 is 1.93 bits per heavy atom. The summed E-state index contributed by atoms with van der Waals surface area (Å²) in [4.78, 5) is 29.8. The summed E-state index contributed by atoms with van der Waals surface area (Å²) in [6, 6.07) is 8.55. The minimum absolute atomic E-state index is 0.0243. The number of fused-ring (bicyclic) bond motifs is 2. The molecular weight excluding hydrogens is 564 g/mol. The quantitative estimate of drug-likeness (QED) is 0.321. The Labute approximate surface area is 247 Å². The third-order valence-corrected chi connectivity index (χ3v) is 8.37. The van der Waals surface area contributed by atoms with Crippen LogP contribution < -0.4 is 20.3 Å². The molecule has 2 aromatic carbocycles. The van der Waals surface area contributed by atoms with Crippen LogP contribution >= 0.6 is 11.6 Å². The first-order valence-corrected chi connectivity index (χ1v) is 14.5. The van der Waals surface area contributed by atoms with E-state index in [1.54, 1.807) is 30.3 Å². The summed E-state index contributed by atoms with van der Waals surface area (Å²) >= 11 is 6.81. The predicted octanol–water partition coefficient (Wildman–Crippen LogP) is 5.01. The van der Waals surface area contributed by atoms with Crippen LogP contribution in [0.4, 0.5) is 20.4 Å². The van der Waals surface area contributed by atoms with E-state index in [1.165, 1.54) is 6.92 Å². The van der Waals surface area contributed by atoms with Gasteiger partial charge >= 0.3 is 6.01 Å². The first-order valence-electron chi connectivity index (χ1n) is 14.1. The number of ether oxygens (including phenoxy) is 1. The van der Waals surface area contributed by atoms with Crippen LogP contribution in [0.15, 0.2) is 30.3 Å². The molecule has 0 saturated carbocycles. The maximum Gasteiger partial charge on any atom is 0.319 e. The van der Waals surface area contributed by atoms with Gasteiger partial charge in [-0.15, -0.1) is 0 Å². The van der Waals surface area contributed by atoms with Gasteiger partial charge in [-0.2, -0.15) is 9.97 Å². The van der Waals surface area contributed by atoms with E-state index in [4.69, 9.17) is 21.3 Å². The van der Waals surface area contributed by atoms with Crippen molar-refractivity contribution in [1.82, 2.24) is 25.2 Å². The topological polar surface area (TPSA) is 95.5 Å². The Bertz CT molecular complexity index is 1690. The average Bonchev–Trinajstić information content (AvgIpc) is 3.38. The summed E-state index contributed by atoms with van der Waals surface area (Å²) in [5, 5.41) is 6.79. The molecule has 0 aliphatic carbocycles. The van der Waals surface area contributed by atoms with Crippen LogP contribution in [0.2, 0.25) is 5.02 Å². The molecule has 2 fully saturated rings. The zero-order valence-electron chi connectivity index (χ0n) is 23.7. The van der Waals surface area contributed by atoms with Crippen LogP contribution in [0.3, 0.4) is 0 Å². The molecule has 4 aromatic rings. The number of likely N-dealkylation sites (tertiary alicyclic amines) is 1. The van der Waals surface area contributed by atoms with Gasteiger partial charge in [0.05, 0.1) is 16.3 Å². The van der Waals surface area contributed by atoms with Gasteiger partial charge in [-0.25, -0.2) is 13.8 Å². The van der Waals surface area contributed by atoms with E-state index in [1.807, 2.05) is 0 Å². The van der Waals surface area contributed by atoms with Gasteiger partial charge < -0.3 is 25.2 Å². The molecular formula is C30H32ClF2N7O2. The summed E-state index contributed by atoms with van der Waals surface area (Å²) in [6.07, 6.45) is 2.09. The molecule has 2 saturated heterocycles. The summed E-state index contributed by atoms with van der Waals surface area (Å²) in [5.41, 5.74) is 0.0635. The first-order chi connectivity index (χ1) is 20.2. The number of anilines is 2. The Morgan fingerprint density at radius 1 is 1.14 bits per heavy atom. The van der Waals surface area contributed by atoms with Gasteiger partial charge in [0.15, 0.2) is 17.5 Å². The van der Waals surface area contributed by atoms with Crippen LogP contribution in [0.1, 0.15) is 26.7 Å². The predicted molar refractivity (Wildman–Crippen MR) is 160 cm³/mol. The number of pyridine rings is 1. The van der Waals surface area contributed by atoms with Gasteiger partial charge in [0.2, 0.25) is 5.91 Å². The highest BCUT2D eigenvalue weighted by molar-refractivity contribution is 6.34. The molecule has 4 heterocycles. The molecule has 2 aliphatic rings. The third-order valence-electron chi connectivity index (χ3n) is 8.07. The van der Waals surface area contributed by atoms with E-state index in [0.29, 0.717) is 29.7 Å². The lowest BCUT2D eigenvalue weighted by Crippen LogP contribution is -2.50. The second-order valence-corrected chi connectivity index (χ2v) is 11.4. The van der Waals surface area contributed by atoms with Gasteiger partial charge in [0.25, 0.3) is 0 Å². The summed E-state index contributed by atoms with van der Waals surface area (Å²) in [7, 11) is 2.05. The molecule has 2 aromatic heterocycles. The van der Waals surface area contributed by atoms with Crippen LogP contribution in [-0.2, 0) is 4.79 Å². The monoisotopic (exact) mass is 595 g/mol. The molecule has 220 valence electrons. The van der Waals surface area contributed by atoms with Gasteiger partial charge in [-0.05, 0) is 39.4 Å². The molecule has 12 heteroatoms. The Balaban J connectivity index is 1.55. The molecule has 42 heavy (non-hydrogen) atoms. The Hall–Kier alpha value is -3.67. The molecule has 2 atom stereocenters. The lowest BCUT2D eigenvalue weighted by Gasteiger charge is -2.35. The minimum Gasteiger partial charge on any atom is -0.462 e. The Morgan fingerprint density at radius 3 is 2.64 bits per heavy atom. The largest absolute Gasteiger partial charge is 0.462 e. The first kappa shape index (κ1) is 28.4. The fraction of sp³-hybridized carbons (Fsp3) is 0.400. The molecule has 9 nitrogen and oxygen atoms in total. The zero-order valence-corrected chi connectivity index (χ0v) is 24.4. The number of halogens is 3. The van der Waals surface area contributed by atoms with E-state index < -0.39 is 17.5 Å². The van der Waals surface area contributed by atoms with Crippen molar-refractivity contribution in [3.8, 4) is 17.3 Å². The number of benzene rings is 2. The van der Waals surface area contributed by atoms with Crippen molar-refractivity contribution >= 4 is 50.8 Å². The fourth-order valence-corrected chi connectivity index (χ4v) is 6.13. The van der Waals surface area contributed by atoms with E-state index in [2.05, 4.69) is 44.4 Å². The van der Waals surface area contributed by atoms with Crippen LogP contribution in [-0.4, -0.2) is 77.7 Å². The number of amides is 1. The molecule has 2 N–H and O–H groups in total. The molecule has 6 rings (SSSR count). The second-order valence-electron chi connectivity index (χ2n) is 11.0. The highest BCUT2D eigenvalue weighted by atomic mass is 35.5. The number of nitrogens with zero attached hydrogens (tertiary/aromatic N) is 5. The number of hydrogen-bond donors (Lipinski definition) is 2. The van der Waals surface area contributed by atoms with E-state index in [9.17, 15) is 4.79 Å². The fourth-order valence-electron chi connectivity index (χ4n) is 5.85. The molecule has 2 aliphatic heterocycles. The number of carbonyl (C=O) groups is 1. The smallest absolute Gasteiger partial charge is 0.319 e. The Kier molecular flexibility index (Phi) is 7.82. The molecule has 0 radical (unpaired) electrons. The highest BCUT2D eigenvalue weighted by Crippen LogP contribution is 2.42. The van der Waals surface area contributed by atoms with Crippen LogP contribution in [0, 0.1) is 11.6 Å². The normalized spacial score (nSPS) is 19.5. The van der Waals surface area contributed by atoms with E-state index >= 15 is 8.78 Å². The third kappa shape index (κ3) is 5.21. The molecule has 0 spiro atoms. The standard InChI is InChI=1S/C30H32ClF2N7O2/c1-16-14-34-10-12-40(16)29-21-13-22(31)23(25(33)27(21)37-30(38-29)42-15-18-7-6-11-39(18)3)26-20-9-5-4-8-19(20)24(32)28(36-26)35-17(2)41/h4-5,8-9,13,16,18,34H,6-7,10-12,14-15H2,1-3H3,(H,35,36,41). The van der Waals surface area contributed by atoms with Crippen molar-refractivity contribution in [3.63, 3.8) is 0 Å². The van der Waals surface area contributed by atoms with Crippen LogP contribution in [0.25, 0.3) is 32.9 Å². The van der Waals surface area contributed by atoms with Gasteiger partial charge in [-0.1, -0.05) is 35.9 Å². The van der Waals surface area contributed by atoms with Crippen molar-refractivity contribution in [2.45, 2.75) is 38.8 Å². The van der Waals surface area contributed by atoms with Gasteiger partial charge in [0, 0.05) is 54.8 Å². The maximum atomic E-state index is 16.8. The minimum atomic E-state index is -0.732. The number of nitrogens with one attached hydrogen (secondary N) is 2. The van der Waals surface area contributed by atoms with Gasteiger partial charge in [0.1, 0.15) is 17.9 Å². The van der Waals surface area contributed by atoms with E-state index in [-0.39, 0.29) is 51.1 Å². The number of carbonyl (C=O) groups excluding carboxylic acids is 1. The highest BCUT2D eigenvalue weighted by Gasteiger charge is 2.29. The van der Waals surface area contributed by atoms with Crippen molar-refractivity contribution in [1.29, 1.82) is 0 Å². The molecule has 2 unspecified atom stereocenters. The number of rotatable bonds is 6. The van der Waals surface area contributed by atoms with Crippen LogP contribution in [0.5, 0.6) is 6.01 Å². The lowest BCUT2D eigenvalue weighted by atomic mass is 10.0. The summed E-state index contributed by atoms with van der Waals surface area (Å²) in [6.45, 7) is 6.82. The lowest BCUT2D eigenvalue weighted by molar-refractivity contribution is -0.114. The van der Waals surface area contributed by atoms with E-state index in [0.717, 1.165) is 32.5 Å². The number of likely N-dealkylation sites (N-methyl/N-ethyl adjacent to an activating group) is 1. The maximum absolute atomic E-state index is 16.8. The van der Waals surface area contributed by atoms with Crippen molar-refractivity contribution in [2.75, 3.05) is 50.1 Å². The summed E-state index contributed by atoms with van der Waals surface area (Å²) < 4.78 is 38.2. The average molecular weight is 596 g/mol. The molecule has 1 amide bonds. The zero-order chi connectivity index (χ0) is 29.5. The number of piperazine rings is 1. The van der Waals surface area contributed by atoms with Crippen molar-refractivity contribution in [3.05, 3.63) is 47.0 Å².